The van der Waals surface area contributed by atoms with Gasteiger partial charge < -0.3 is 5.09 Å². The number of rotatable bonds is 7. The van der Waals surface area contributed by atoms with Gasteiger partial charge in [-0.1, -0.05) is 114 Å². The topological polar surface area (TPSA) is 42.0 Å². The van der Waals surface area contributed by atoms with E-state index in [0.717, 1.165) is 27.3 Å². The van der Waals surface area contributed by atoms with Crippen LogP contribution in [0.4, 0.5) is 5.13 Å². The summed E-state index contributed by atoms with van der Waals surface area (Å²) >= 11 is 14.6. The van der Waals surface area contributed by atoms with Crippen LogP contribution < -0.4 is 5.09 Å². The molecule has 0 saturated carbocycles. The number of benzene rings is 3. The minimum Gasteiger partial charge on any atom is -0.306 e. The van der Waals surface area contributed by atoms with E-state index in [2.05, 4.69) is 5.09 Å². The lowest BCUT2D eigenvalue weighted by Crippen LogP contribution is -1.94. The Kier molecular flexibility index (Phi) is 7.52. The molecule has 33 heavy (non-hydrogen) atoms. The van der Waals surface area contributed by atoms with Crippen molar-refractivity contribution in [1.82, 2.24) is 4.98 Å². The molecule has 0 fully saturated rings. The van der Waals surface area contributed by atoms with Gasteiger partial charge >= 0.3 is 0 Å². The van der Waals surface area contributed by atoms with Crippen LogP contribution in [0.2, 0.25) is 0 Å². The van der Waals surface area contributed by atoms with Crippen molar-refractivity contribution in [2.24, 2.45) is 0 Å². The molecule has 0 aliphatic heterocycles. The lowest BCUT2D eigenvalue weighted by atomic mass is 10.1. The molecule has 3 nitrogen and oxygen atoms in total. The predicted molar refractivity (Wildman–Crippen MR) is 144 cm³/mol. The Bertz CT molecular complexity index is 1280. The van der Waals surface area contributed by atoms with Gasteiger partial charge in [-0.05, 0) is 18.1 Å². The molecule has 4 aromatic rings. The molecule has 166 valence electrons. The number of thiazole rings is 1. The molecule has 0 aliphatic carbocycles. The third-order valence-electron chi connectivity index (χ3n) is 4.82. The third-order valence-corrected chi connectivity index (χ3v) is 8.66. The van der Waals surface area contributed by atoms with Gasteiger partial charge in [-0.15, -0.1) is 11.3 Å². The van der Waals surface area contributed by atoms with Crippen LogP contribution in [0.1, 0.15) is 16.0 Å². The van der Waals surface area contributed by atoms with Crippen LogP contribution in [0.25, 0.3) is 21.3 Å². The van der Waals surface area contributed by atoms with Gasteiger partial charge in [-0.3, -0.25) is 4.57 Å². The van der Waals surface area contributed by atoms with Gasteiger partial charge in [0.25, 0.3) is 0 Å². The highest BCUT2D eigenvalue weighted by Gasteiger charge is 2.22. The van der Waals surface area contributed by atoms with Crippen molar-refractivity contribution in [1.29, 1.82) is 0 Å². The standard InChI is InChI=1S/C26H21Cl2N2OPS/c1-19-25(22-15-9-4-10-16-22)29-26(33-19)30-32(31,17-23(27)20-11-5-2-6-12-20)18-24(28)21-13-7-3-8-14-21/h2-18H,1H3,(H,29,30,31)/b23-17-,24-18+. The van der Waals surface area contributed by atoms with Gasteiger partial charge in [0.1, 0.15) is 0 Å². The molecule has 1 unspecified atom stereocenters. The molecule has 4 rings (SSSR count). The highest BCUT2D eigenvalue weighted by Crippen LogP contribution is 2.54. The molecule has 1 N–H and O–H groups in total. The van der Waals surface area contributed by atoms with Gasteiger partial charge in [0.15, 0.2) is 5.13 Å². The summed E-state index contributed by atoms with van der Waals surface area (Å²) < 4.78 is 14.1. The highest BCUT2D eigenvalue weighted by atomic mass is 35.5. The summed E-state index contributed by atoms with van der Waals surface area (Å²) in [5.74, 6) is 3.07. The fourth-order valence-corrected chi connectivity index (χ4v) is 7.18. The fraction of sp³-hybridized carbons (Fsp3) is 0.0385. The van der Waals surface area contributed by atoms with Crippen LogP contribution in [-0.4, -0.2) is 4.98 Å². The van der Waals surface area contributed by atoms with Gasteiger partial charge in [0, 0.05) is 22.1 Å². The van der Waals surface area contributed by atoms with Crippen LogP contribution in [-0.2, 0) is 4.57 Å². The van der Waals surface area contributed by atoms with E-state index in [0.29, 0.717) is 15.2 Å². The number of anilines is 1. The molecule has 0 bridgehead atoms. The van der Waals surface area contributed by atoms with Gasteiger partial charge in [-0.25, -0.2) is 4.98 Å². The van der Waals surface area contributed by atoms with E-state index in [1.165, 1.54) is 23.0 Å². The predicted octanol–water partition coefficient (Wildman–Crippen LogP) is 9.28. The summed E-state index contributed by atoms with van der Waals surface area (Å²) in [5, 5.41) is 4.41. The summed E-state index contributed by atoms with van der Waals surface area (Å²) in [7, 11) is -3.37. The highest BCUT2D eigenvalue weighted by molar-refractivity contribution is 7.72. The zero-order chi connectivity index (χ0) is 23.3. The monoisotopic (exact) mass is 510 g/mol. The first-order valence-electron chi connectivity index (χ1n) is 10.2. The van der Waals surface area contributed by atoms with E-state index < -0.39 is 7.29 Å². The summed E-state index contributed by atoms with van der Waals surface area (Å²) in [6.45, 7) is 2.00. The maximum absolute atomic E-state index is 14.1. The number of hydrogen-bond acceptors (Lipinski definition) is 3. The first-order chi connectivity index (χ1) is 15.9. The molecule has 0 spiro atoms. The number of aryl methyl sites for hydroxylation is 1. The molecule has 3 aromatic carbocycles. The number of hydrogen-bond donors (Lipinski definition) is 1. The van der Waals surface area contributed by atoms with Crippen LogP contribution in [0, 0.1) is 6.92 Å². The molecule has 1 heterocycles. The van der Waals surface area contributed by atoms with Crippen LogP contribution >= 0.6 is 41.8 Å². The average Bonchev–Trinajstić information content (AvgIpc) is 3.19. The molecule has 0 saturated heterocycles. The van der Waals surface area contributed by atoms with Crippen molar-refractivity contribution in [3.05, 3.63) is 119 Å². The van der Waals surface area contributed by atoms with E-state index in [4.69, 9.17) is 28.2 Å². The van der Waals surface area contributed by atoms with Crippen LogP contribution in [0.3, 0.4) is 0 Å². The Hall–Kier alpha value is -2.62. The van der Waals surface area contributed by atoms with E-state index in [1.54, 1.807) is 0 Å². The SMILES string of the molecule is Cc1sc(NP(=O)(/C=C(\Cl)c2ccccc2)/C=C(/Cl)c2ccccc2)nc1-c1ccccc1. The third kappa shape index (κ3) is 6.04. The first-order valence-corrected chi connectivity index (χ1v) is 13.6. The van der Waals surface area contributed by atoms with Gasteiger partial charge in [0.2, 0.25) is 7.29 Å². The van der Waals surface area contributed by atoms with E-state index in [1.807, 2.05) is 97.9 Å². The molecule has 0 radical (unpaired) electrons. The van der Waals surface area contributed by atoms with Crippen LogP contribution in [0.15, 0.2) is 103 Å². The Balaban J connectivity index is 1.74. The summed E-state index contributed by atoms with van der Waals surface area (Å²) in [4.78, 5) is 5.74. The molecular weight excluding hydrogens is 490 g/mol. The second kappa shape index (κ2) is 10.5. The maximum atomic E-state index is 14.1. The smallest absolute Gasteiger partial charge is 0.217 e. The van der Waals surface area contributed by atoms with Crippen molar-refractivity contribution in [2.45, 2.75) is 6.92 Å². The van der Waals surface area contributed by atoms with E-state index >= 15 is 0 Å². The molecular formula is C26H21Cl2N2OPS. The Morgan fingerprint density at radius 2 is 1.27 bits per heavy atom. The van der Waals surface area contributed by atoms with E-state index in [9.17, 15) is 4.57 Å². The zero-order valence-electron chi connectivity index (χ0n) is 17.8. The van der Waals surface area contributed by atoms with Crippen LogP contribution in [0.5, 0.6) is 0 Å². The Morgan fingerprint density at radius 3 is 1.76 bits per heavy atom. The van der Waals surface area contributed by atoms with Gasteiger partial charge in [0.05, 0.1) is 15.8 Å². The van der Waals surface area contributed by atoms with Crippen molar-refractivity contribution in [3.8, 4) is 11.3 Å². The molecule has 1 aromatic heterocycles. The minimum atomic E-state index is -3.37. The minimum absolute atomic E-state index is 0.372. The van der Waals surface area contributed by atoms with Crippen molar-refractivity contribution in [3.63, 3.8) is 0 Å². The van der Waals surface area contributed by atoms with Gasteiger partial charge in [-0.2, -0.15) is 0 Å². The maximum Gasteiger partial charge on any atom is 0.217 e. The quantitative estimate of drug-likeness (QED) is 0.252. The second-order valence-electron chi connectivity index (χ2n) is 7.30. The summed E-state index contributed by atoms with van der Waals surface area (Å²) in [5.41, 5.74) is 3.40. The molecule has 1 atom stereocenters. The number of nitrogens with one attached hydrogen (secondary N) is 1. The van der Waals surface area contributed by atoms with Crippen molar-refractivity contribution in [2.75, 3.05) is 5.09 Å². The Labute approximate surface area is 207 Å². The summed E-state index contributed by atoms with van der Waals surface area (Å²) in [6, 6.07) is 28.7. The normalized spacial score (nSPS) is 14.0. The second-order valence-corrected chi connectivity index (χ2v) is 11.5. The number of halogens is 2. The lowest BCUT2D eigenvalue weighted by Gasteiger charge is -2.13. The van der Waals surface area contributed by atoms with Crippen molar-refractivity contribution >= 4 is 57.0 Å². The Morgan fingerprint density at radius 1 is 0.818 bits per heavy atom. The molecule has 7 heteroatoms. The molecule has 0 aliphatic rings. The zero-order valence-corrected chi connectivity index (χ0v) is 21.0. The van der Waals surface area contributed by atoms with Crippen molar-refractivity contribution < 1.29 is 4.57 Å². The summed E-state index contributed by atoms with van der Waals surface area (Å²) in [6.07, 6.45) is 0. The number of aromatic nitrogens is 1. The average molecular weight is 511 g/mol. The molecule has 0 amide bonds. The van der Waals surface area contributed by atoms with E-state index in [-0.39, 0.29) is 0 Å². The first kappa shape index (κ1) is 23.5. The number of nitrogens with zero attached hydrogens (tertiary/aromatic N) is 1. The fourth-order valence-electron chi connectivity index (χ4n) is 3.24. The largest absolute Gasteiger partial charge is 0.306 e. The lowest BCUT2D eigenvalue weighted by molar-refractivity contribution is 0.589.